The lowest BCUT2D eigenvalue weighted by Gasteiger charge is -2.18. The van der Waals surface area contributed by atoms with Crippen molar-refractivity contribution in [1.29, 1.82) is 0 Å². The van der Waals surface area contributed by atoms with Crippen LogP contribution < -0.4 is 5.73 Å². The van der Waals surface area contributed by atoms with E-state index in [2.05, 4.69) is 0 Å². The van der Waals surface area contributed by atoms with Crippen molar-refractivity contribution >= 4 is 9.84 Å². The zero-order valence-corrected chi connectivity index (χ0v) is 9.88. The Morgan fingerprint density at radius 2 is 2.00 bits per heavy atom. The highest BCUT2D eigenvalue weighted by Gasteiger charge is 2.32. The number of benzene rings is 1. The highest BCUT2D eigenvalue weighted by Crippen LogP contribution is 2.30. The molecule has 2 atom stereocenters. The molecule has 3 nitrogen and oxygen atoms in total. The van der Waals surface area contributed by atoms with E-state index in [0.29, 0.717) is 12.0 Å². The van der Waals surface area contributed by atoms with Crippen LogP contribution in [-0.4, -0.2) is 19.9 Å². The molecule has 94 valence electrons. The first-order valence-corrected chi connectivity index (χ1v) is 7.12. The number of sulfone groups is 1. The molecule has 1 aliphatic heterocycles. The van der Waals surface area contributed by atoms with Crippen molar-refractivity contribution in [2.45, 2.75) is 12.5 Å². The minimum atomic E-state index is -3.01. The second kappa shape index (κ2) is 4.34. The van der Waals surface area contributed by atoms with Gasteiger partial charge in [-0.15, -0.1) is 0 Å². The largest absolute Gasteiger partial charge is 0.324 e. The quantitative estimate of drug-likeness (QED) is 0.875. The predicted octanol–water partition coefficient (Wildman–Crippen LogP) is 1.40. The van der Waals surface area contributed by atoms with Gasteiger partial charge in [0.05, 0.1) is 11.5 Å². The number of hydrogen-bond acceptors (Lipinski definition) is 3. The molecule has 0 radical (unpaired) electrons. The van der Waals surface area contributed by atoms with Crippen LogP contribution in [0.2, 0.25) is 0 Å². The fourth-order valence-electron chi connectivity index (χ4n) is 2.10. The van der Waals surface area contributed by atoms with Crippen LogP contribution in [0.15, 0.2) is 18.2 Å². The van der Waals surface area contributed by atoms with Crippen LogP contribution in [0.4, 0.5) is 8.78 Å². The molecule has 1 aromatic carbocycles. The molecule has 2 N–H and O–H groups in total. The van der Waals surface area contributed by atoms with E-state index in [1.165, 1.54) is 6.07 Å². The molecule has 2 unspecified atom stereocenters. The molecule has 0 amide bonds. The Labute approximate surface area is 98.5 Å². The van der Waals surface area contributed by atoms with Crippen molar-refractivity contribution in [1.82, 2.24) is 0 Å². The Bertz CT molecular complexity index is 530. The van der Waals surface area contributed by atoms with E-state index in [4.69, 9.17) is 5.73 Å². The van der Waals surface area contributed by atoms with Crippen molar-refractivity contribution in [2.24, 2.45) is 11.7 Å². The molecule has 0 aromatic heterocycles. The second-order valence-corrected chi connectivity index (χ2v) is 6.59. The van der Waals surface area contributed by atoms with E-state index in [9.17, 15) is 17.2 Å². The van der Waals surface area contributed by atoms with Crippen molar-refractivity contribution in [2.75, 3.05) is 11.5 Å². The summed E-state index contributed by atoms with van der Waals surface area (Å²) in [6.45, 7) is 0. The summed E-state index contributed by atoms with van der Waals surface area (Å²) in [6, 6.07) is 2.87. The summed E-state index contributed by atoms with van der Waals surface area (Å²) in [5.74, 6) is -1.97. The van der Waals surface area contributed by atoms with E-state index in [-0.39, 0.29) is 17.4 Å². The van der Waals surface area contributed by atoms with Gasteiger partial charge in [-0.2, -0.15) is 0 Å². The van der Waals surface area contributed by atoms with Crippen LogP contribution in [0.1, 0.15) is 18.0 Å². The van der Waals surface area contributed by atoms with Crippen LogP contribution in [-0.2, 0) is 9.84 Å². The van der Waals surface area contributed by atoms with Crippen molar-refractivity contribution in [3.63, 3.8) is 0 Å². The lowest BCUT2D eigenvalue weighted by atomic mass is 9.93. The summed E-state index contributed by atoms with van der Waals surface area (Å²) in [4.78, 5) is 0. The molecule has 2 rings (SSSR count). The van der Waals surface area contributed by atoms with Gasteiger partial charge in [0.25, 0.3) is 0 Å². The van der Waals surface area contributed by atoms with Crippen LogP contribution in [0.3, 0.4) is 0 Å². The molecule has 1 saturated heterocycles. The van der Waals surface area contributed by atoms with Gasteiger partial charge in [0.2, 0.25) is 0 Å². The van der Waals surface area contributed by atoms with Gasteiger partial charge in [-0.1, -0.05) is 6.07 Å². The average molecular weight is 261 g/mol. The molecule has 0 bridgehead atoms. The molecular weight excluding hydrogens is 248 g/mol. The number of rotatable bonds is 2. The van der Waals surface area contributed by atoms with Gasteiger partial charge in [0, 0.05) is 6.04 Å². The van der Waals surface area contributed by atoms with Crippen molar-refractivity contribution < 1.29 is 17.2 Å². The highest BCUT2D eigenvalue weighted by atomic mass is 32.2. The Morgan fingerprint density at radius 3 is 2.53 bits per heavy atom. The number of hydrogen-bond donors (Lipinski definition) is 1. The Balaban J connectivity index is 2.20. The molecule has 1 fully saturated rings. The van der Waals surface area contributed by atoms with Gasteiger partial charge >= 0.3 is 0 Å². The van der Waals surface area contributed by atoms with Crippen molar-refractivity contribution in [3.05, 3.63) is 35.4 Å². The molecule has 0 aliphatic carbocycles. The van der Waals surface area contributed by atoms with Crippen molar-refractivity contribution in [3.8, 4) is 0 Å². The molecule has 0 saturated carbocycles. The molecule has 1 aliphatic rings. The van der Waals surface area contributed by atoms with Crippen LogP contribution >= 0.6 is 0 Å². The first kappa shape index (κ1) is 12.4. The van der Waals surface area contributed by atoms with Crippen LogP contribution in [0.5, 0.6) is 0 Å². The third-order valence-electron chi connectivity index (χ3n) is 3.10. The summed E-state index contributed by atoms with van der Waals surface area (Å²) in [7, 11) is -3.01. The topological polar surface area (TPSA) is 60.2 Å². The third-order valence-corrected chi connectivity index (χ3v) is 4.90. The predicted molar refractivity (Wildman–Crippen MR) is 60.0 cm³/mol. The van der Waals surface area contributed by atoms with E-state index < -0.39 is 27.5 Å². The summed E-state index contributed by atoms with van der Waals surface area (Å²) in [6.07, 6.45) is 0.475. The molecular formula is C11H13F2NO2S. The summed E-state index contributed by atoms with van der Waals surface area (Å²) >= 11 is 0. The standard InChI is InChI=1S/C11H13F2NO2S/c12-9-2-1-7(5-10(9)13)11(14)8-3-4-17(15,16)6-8/h1-2,5,8,11H,3-4,6,14H2. The zero-order chi connectivity index (χ0) is 12.6. The van der Waals surface area contributed by atoms with Gasteiger partial charge in [0.15, 0.2) is 21.5 Å². The minimum Gasteiger partial charge on any atom is -0.324 e. The maximum absolute atomic E-state index is 13.0. The van der Waals surface area contributed by atoms with Gasteiger partial charge in [-0.05, 0) is 30.0 Å². The van der Waals surface area contributed by atoms with Crippen LogP contribution in [0.25, 0.3) is 0 Å². The summed E-state index contributed by atoms with van der Waals surface area (Å²) in [5.41, 5.74) is 6.32. The Morgan fingerprint density at radius 1 is 1.29 bits per heavy atom. The Kier molecular flexibility index (Phi) is 3.18. The van der Waals surface area contributed by atoms with E-state index >= 15 is 0 Å². The number of nitrogens with two attached hydrogens (primary N) is 1. The number of halogens is 2. The zero-order valence-electron chi connectivity index (χ0n) is 9.07. The summed E-state index contributed by atoms with van der Waals surface area (Å²) < 4.78 is 48.4. The van der Waals surface area contributed by atoms with Gasteiger partial charge < -0.3 is 5.73 Å². The normalized spacial score (nSPS) is 24.8. The molecule has 17 heavy (non-hydrogen) atoms. The van der Waals surface area contributed by atoms with Gasteiger partial charge in [0.1, 0.15) is 0 Å². The maximum atomic E-state index is 13.0. The average Bonchev–Trinajstić information content (AvgIpc) is 2.62. The van der Waals surface area contributed by atoms with E-state index in [1.54, 1.807) is 0 Å². The SMILES string of the molecule is NC(c1ccc(F)c(F)c1)C1CCS(=O)(=O)C1. The fraction of sp³-hybridized carbons (Fsp3) is 0.455. The monoisotopic (exact) mass is 261 g/mol. The molecule has 1 aromatic rings. The third kappa shape index (κ3) is 2.63. The van der Waals surface area contributed by atoms with Gasteiger partial charge in [-0.25, -0.2) is 17.2 Å². The smallest absolute Gasteiger partial charge is 0.159 e. The molecule has 0 spiro atoms. The Hall–Kier alpha value is -1.01. The first-order chi connectivity index (χ1) is 7.89. The van der Waals surface area contributed by atoms with Crippen LogP contribution in [0, 0.1) is 17.6 Å². The first-order valence-electron chi connectivity index (χ1n) is 5.30. The molecule has 1 heterocycles. The maximum Gasteiger partial charge on any atom is 0.159 e. The minimum absolute atomic E-state index is 0.0210. The second-order valence-electron chi connectivity index (χ2n) is 4.36. The molecule has 6 heteroatoms. The van der Waals surface area contributed by atoms with E-state index in [0.717, 1.165) is 12.1 Å². The van der Waals surface area contributed by atoms with Gasteiger partial charge in [-0.3, -0.25) is 0 Å². The van der Waals surface area contributed by atoms with E-state index in [1.807, 2.05) is 0 Å². The fourth-order valence-corrected chi connectivity index (χ4v) is 3.95. The lowest BCUT2D eigenvalue weighted by molar-refractivity contribution is 0.468. The highest BCUT2D eigenvalue weighted by molar-refractivity contribution is 7.91. The lowest BCUT2D eigenvalue weighted by Crippen LogP contribution is -2.22. The summed E-state index contributed by atoms with van der Waals surface area (Å²) in [5, 5.41) is 0.